The number of rotatable bonds is 4. The van der Waals surface area contributed by atoms with Crippen molar-refractivity contribution >= 4 is 5.69 Å². The van der Waals surface area contributed by atoms with Crippen molar-refractivity contribution in [1.82, 2.24) is 0 Å². The van der Waals surface area contributed by atoms with Gasteiger partial charge in [0.1, 0.15) is 0 Å². The van der Waals surface area contributed by atoms with Crippen LogP contribution in [0.25, 0.3) is 0 Å². The van der Waals surface area contributed by atoms with Crippen molar-refractivity contribution in [3.63, 3.8) is 0 Å². The van der Waals surface area contributed by atoms with Crippen LogP contribution >= 0.6 is 0 Å². The van der Waals surface area contributed by atoms with Gasteiger partial charge < -0.3 is 5.32 Å². The molecule has 3 rings (SSSR count). The first-order valence-corrected chi connectivity index (χ1v) is 8.73. The third-order valence-electron chi connectivity index (χ3n) is 6.67. The first-order valence-electron chi connectivity index (χ1n) is 8.73. The van der Waals surface area contributed by atoms with Gasteiger partial charge in [-0.25, -0.2) is 0 Å². The van der Waals surface area contributed by atoms with Gasteiger partial charge in [0, 0.05) is 11.7 Å². The molecule has 0 aromatic heterocycles. The van der Waals surface area contributed by atoms with Crippen LogP contribution < -0.4 is 5.32 Å². The van der Waals surface area contributed by atoms with E-state index >= 15 is 0 Å². The molecule has 1 heteroatoms. The predicted molar refractivity (Wildman–Crippen MR) is 91.8 cm³/mol. The molecule has 1 aromatic carbocycles. The normalized spacial score (nSPS) is 34.9. The van der Waals surface area contributed by atoms with Gasteiger partial charge in [0.05, 0.1) is 0 Å². The Morgan fingerprint density at radius 1 is 1.19 bits per heavy atom. The minimum atomic E-state index is 0.419. The van der Waals surface area contributed by atoms with Crippen LogP contribution in [0.5, 0.6) is 0 Å². The van der Waals surface area contributed by atoms with Crippen LogP contribution in [0, 0.1) is 16.7 Å². The fraction of sp³-hybridized carbons (Fsp3) is 0.700. The second-order valence-corrected chi connectivity index (χ2v) is 8.42. The summed E-state index contributed by atoms with van der Waals surface area (Å²) in [5.74, 6) is 1.56. The lowest BCUT2D eigenvalue weighted by atomic mass is 9.68. The molecule has 0 radical (unpaired) electrons. The highest BCUT2D eigenvalue weighted by Crippen LogP contribution is 2.63. The van der Waals surface area contributed by atoms with E-state index in [-0.39, 0.29) is 0 Å². The van der Waals surface area contributed by atoms with E-state index in [0.717, 1.165) is 5.92 Å². The summed E-state index contributed by atoms with van der Waals surface area (Å²) >= 11 is 0. The molecular formula is C20H31N. The van der Waals surface area contributed by atoms with Crippen molar-refractivity contribution in [2.45, 2.75) is 72.3 Å². The summed E-state index contributed by atoms with van der Waals surface area (Å²) < 4.78 is 0. The standard InChI is InChI=1S/C20H31N/c1-6-14(2)15-7-9-17(10-8-15)21-18-19(3,4)16-11-12-20(18,5)13-16/h7-10,14,16,18,21H,6,11-13H2,1-5H3/t14?,16-,18?,20+/m0/s1. The van der Waals surface area contributed by atoms with Gasteiger partial charge in [-0.15, -0.1) is 0 Å². The predicted octanol–water partition coefficient (Wildman–Crippen LogP) is 5.83. The minimum Gasteiger partial charge on any atom is -0.381 e. The van der Waals surface area contributed by atoms with Gasteiger partial charge in [-0.3, -0.25) is 0 Å². The summed E-state index contributed by atoms with van der Waals surface area (Å²) in [5, 5.41) is 3.89. The Hall–Kier alpha value is -0.980. The molecule has 2 fully saturated rings. The summed E-state index contributed by atoms with van der Waals surface area (Å²) in [4.78, 5) is 0. The maximum absolute atomic E-state index is 3.89. The van der Waals surface area contributed by atoms with Crippen LogP contribution in [0.4, 0.5) is 5.69 Å². The molecule has 2 saturated carbocycles. The monoisotopic (exact) mass is 285 g/mol. The number of nitrogens with one attached hydrogen (secondary N) is 1. The second kappa shape index (κ2) is 5.04. The van der Waals surface area contributed by atoms with Gasteiger partial charge in [0.25, 0.3) is 0 Å². The highest BCUT2D eigenvalue weighted by molar-refractivity contribution is 5.47. The Balaban J connectivity index is 1.77. The maximum Gasteiger partial charge on any atom is 0.0368 e. The first kappa shape index (κ1) is 14.9. The average Bonchev–Trinajstić information content (AvgIpc) is 2.94. The number of fused-ring (bicyclic) bond motifs is 2. The van der Waals surface area contributed by atoms with Crippen LogP contribution in [0.3, 0.4) is 0 Å². The summed E-state index contributed by atoms with van der Waals surface area (Å²) in [6.07, 6.45) is 5.43. The largest absolute Gasteiger partial charge is 0.381 e. The van der Waals surface area contributed by atoms with Crippen LogP contribution in [0.2, 0.25) is 0 Å². The van der Waals surface area contributed by atoms with Gasteiger partial charge in [0.2, 0.25) is 0 Å². The molecule has 21 heavy (non-hydrogen) atoms. The Morgan fingerprint density at radius 2 is 1.86 bits per heavy atom. The highest BCUT2D eigenvalue weighted by Gasteiger charge is 2.59. The van der Waals surface area contributed by atoms with Crippen LogP contribution in [-0.4, -0.2) is 6.04 Å². The average molecular weight is 285 g/mol. The van der Waals surface area contributed by atoms with E-state index in [2.05, 4.69) is 64.2 Å². The lowest BCUT2D eigenvalue weighted by molar-refractivity contribution is 0.155. The van der Waals surface area contributed by atoms with Crippen molar-refractivity contribution in [2.75, 3.05) is 5.32 Å². The third-order valence-corrected chi connectivity index (χ3v) is 6.67. The molecule has 2 unspecified atom stereocenters. The topological polar surface area (TPSA) is 12.0 Å². The zero-order chi connectivity index (χ0) is 15.3. The molecule has 0 aliphatic heterocycles. The molecular weight excluding hydrogens is 254 g/mol. The van der Waals surface area contributed by atoms with Crippen molar-refractivity contribution in [3.05, 3.63) is 29.8 Å². The lowest BCUT2D eigenvalue weighted by Crippen LogP contribution is -2.45. The molecule has 0 heterocycles. The van der Waals surface area contributed by atoms with Crippen molar-refractivity contribution < 1.29 is 0 Å². The molecule has 116 valence electrons. The summed E-state index contributed by atoms with van der Waals surface area (Å²) in [6.45, 7) is 12.0. The van der Waals surface area contributed by atoms with Crippen molar-refractivity contribution in [2.24, 2.45) is 16.7 Å². The second-order valence-electron chi connectivity index (χ2n) is 8.42. The maximum atomic E-state index is 3.89. The molecule has 4 atom stereocenters. The lowest BCUT2D eigenvalue weighted by Gasteiger charge is -2.43. The zero-order valence-electron chi connectivity index (χ0n) is 14.4. The number of anilines is 1. The molecule has 0 spiro atoms. The molecule has 2 aliphatic rings. The fourth-order valence-corrected chi connectivity index (χ4v) is 4.97. The Kier molecular flexibility index (Phi) is 3.58. The van der Waals surface area contributed by atoms with Crippen LogP contribution in [-0.2, 0) is 0 Å². The summed E-state index contributed by atoms with van der Waals surface area (Å²) in [6, 6.07) is 9.79. The van der Waals surface area contributed by atoms with E-state index in [4.69, 9.17) is 0 Å². The molecule has 1 aromatic rings. The Labute approximate surface area is 130 Å². The van der Waals surface area contributed by atoms with Crippen molar-refractivity contribution in [1.29, 1.82) is 0 Å². The molecule has 0 saturated heterocycles. The molecule has 2 bridgehead atoms. The van der Waals surface area contributed by atoms with E-state index in [1.54, 1.807) is 0 Å². The number of hydrogen-bond acceptors (Lipinski definition) is 1. The fourth-order valence-electron chi connectivity index (χ4n) is 4.97. The van der Waals surface area contributed by atoms with E-state index in [9.17, 15) is 0 Å². The first-order chi connectivity index (χ1) is 9.87. The number of benzene rings is 1. The molecule has 1 nitrogen and oxygen atoms in total. The quantitative estimate of drug-likeness (QED) is 0.734. The zero-order valence-corrected chi connectivity index (χ0v) is 14.4. The van der Waals surface area contributed by atoms with E-state index in [0.29, 0.717) is 22.8 Å². The van der Waals surface area contributed by atoms with Crippen LogP contribution in [0.1, 0.15) is 71.8 Å². The third kappa shape index (κ3) is 2.39. The smallest absolute Gasteiger partial charge is 0.0368 e. The Morgan fingerprint density at radius 3 is 2.38 bits per heavy atom. The summed E-state index contributed by atoms with van der Waals surface area (Å²) in [5.41, 5.74) is 3.67. The van der Waals surface area contributed by atoms with Gasteiger partial charge in [-0.1, -0.05) is 46.8 Å². The SMILES string of the molecule is CCC(C)c1ccc(NC2C(C)(C)[C@H]3CC[C@]2(C)C3)cc1. The molecule has 0 amide bonds. The van der Waals surface area contributed by atoms with Gasteiger partial charge in [0.15, 0.2) is 0 Å². The Bertz CT molecular complexity index is 496. The van der Waals surface area contributed by atoms with Gasteiger partial charge in [-0.05, 0) is 66.0 Å². The molecule has 1 N–H and O–H groups in total. The highest BCUT2D eigenvalue weighted by atomic mass is 15.0. The van der Waals surface area contributed by atoms with E-state index < -0.39 is 0 Å². The number of hydrogen-bond donors (Lipinski definition) is 1. The van der Waals surface area contributed by atoms with Gasteiger partial charge in [-0.2, -0.15) is 0 Å². The minimum absolute atomic E-state index is 0.419. The van der Waals surface area contributed by atoms with Gasteiger partial charge >= 0.3 is 0 Å². The summed E-state index contributed by atoms with van der Waals surface area (Å²) in [7, 11) is 0. The van der Waals surface area contributed by atoms with E-state index in [1.165, 1.54) is 36.9 Å². The molecule has 2 aliphatic carbocycles. The van der Waals surface area contributed by atoms with Crippen LogP contribution in [0.15, 0.2) is 24.3 Å². The van der Waals surface area contributed by atoms with E-state index in [1.807, 2.05) is 0 Å². The van der Waals surface area contributed by atoms with Crippen molar-refractivity contribution in [3.8, 4) is 0 Å².